The van der Waals surface area contributed by atoms with Crippen molar-refractivity contribution < 1.29 is 31.2 Å². The van der Waals surface area contributed by atoms with Crippen molar-refractivity contribution in [3.05, 3.63) is 6.92 Å². The Morgan fingerprint density at radius 2 is 1.36 bits per heavy atom. The standard InChI is InChI=1S/C7H9O3.Co/c1-4(8)7(5(2)9)6(3)10;/h7H,1H2,2-3H3;/q-1;+2. The number of carbonyl (C=O) groups is 3. The maximum Gasteiger partial charge on any atom is 2.00 e. The number of rotatable bonds is 3. The number of hydrogen-bond acceptors (Lipinski definition) is 3. The molecule has 0 unspecified atom stereocenters. The van der Waals surface area contributed by atoms with E-state index in [-0.39, 0.29) is 16.8 Å². The summed E-state index contributed by atoms with van der Waals surface area (Å²) in [6.07, 6.45) is 0. The van der Waals surface area contributed by atoms with Gasteiger partial charge in [-0.3, -0.25) is 9.59 Å². The zero-order chi connectivity index (χ0) is 8.31. The van der Waals surface area contributed by atoms with Crippen molar-refractivity contribution in [3.63, 3.8) is 0 Å². The van der Waals surface area contributed by atoms with Gasteiger partial charge in [0.05, 0.1) is 0 Å². The smallest absolute Gasteiger partial charge is 0.338 e. The van der Waals surface area contributed by atoms with Gasteiger partial charge in [0, 0.05) is 5.78 Å². The molecule has 0 amide bonds. The van der Waals surface area contributed by atoms with Gasteiger partial charge in [-0.2, -0.15) is 0 Å². The molecule has 0 heterocycles. The van der Waals surface area contributed by atoms with Crippen molar-refractivity contribution >= 4 is 17.3 Å². The SMILES string of the molecule is [CH2-]C(=O)C(C(C)=O)C(C)=O.[Co+2]. The van der Waals surface area contributed by atoms with Crippen molar-refractivity contribution in [2.45, 2.75) is 13.8 Å². The molecule has 0 saturated carbocycles. The molecule has 0 fully saturated rings. The van der Waals surface area contributed by atoms with E-state index in [9.17, 15) is 14.4 Å². The fourth-order valence-electron chi connectivity index (χ4n) is 0.740. The average Bonchev–Trinajstić information content (AvgIpc) is 1.59. The molecule has 3 nitrogen and oxygen atoms in total. The van der Waals surface area contributed by atoms with Crippen molar-refractivity contribution in [1.29, 1.82) is 0 Å². The Labute approximate surface area is 75.7 Å². The third-order valence-electron chi connectivity index (χ3n) is 1.14. The molecule has 0 aromatic rings. The fraction of sp³-hybridized carbons (Fsp3) is 0.429. The van der Waals surface area contributed by atoms with E-state index in [1.807, 2.05) is 0 Å². The second kappa shape index (κ2) is 5.09. The van der Waals surface area contributed by atoms with E-state index in [0.29, 0.717) is 0 Å². The Kier molecular flexibility index (Phi) is 6.02. The van der Waals surface area contributed by atoms with Gasteiger partial charge in [-0.1, -0.05) is 0 Å². The Bertz CT molecular complexity index is 153. The molecule has 4 heteroatoms. The van der Waals surface area contributed by atoms with Crippen molar-refractivity contribution in [1.82, 2.24) is 0 Å². The predicted molar refractivity (Wildman–Crippen MR) is 35.2 cm³/mol. The third kappa shape index (κ3) is 3.95. The summed E-state index contributed by atoms with van der Waals surface area (Å²) in [5, 5.41) is 0. The molecular weight excluding hydrogens is 191 g/mol. The van der Waals surface area contributed by atoms with E-state index in [4.69, 9.17) is 0 Å². The van der Waals surface area contributed by atoms with Gasteiger partial charge < -0.3 is 11.7 Å². The van der Waals surface area contributed by atoms with Gasteiger partial charge in [0.25, 0.3) is 0 Å². The molecule has 11 heavy (non-hydrogen) atoms. The van der Waals surface area contributed by atoms with Crippen LogP contribution in [0.25, 0.3) is 0 Å². The number of ketones is 3. The quantitative estimate of drug-likeness (QED) is 0.482. The molecule has 0 spiro atoms. The first-order chi connectivity index (χ1) is 4.46. The van der Waals surface area contributed by atoms with E-state index in [2.05, 4.69) is 6.92 Å². The molecule has 63 valence electrons. The second-order valence-corrected chi connectivity index (χ2v) is 2.12. The zero-order valence-corrected chi connectivity index (χ0v) is 7.38. The van der Waals surface area contributed by atoms with Gasteiger partial charge in [0.15, 0.2) is 0 Å². The summed E-state index contributed by atoms with van der Waals surface area (Å²) in [5.41, 5.74) is 0. The first kappa shape index (κ1) is 13.0. The molecule has 0 aliphatic heterocycles. The Morgan fingerprint density at radius 1 is 1.09 bits per heavy atom. The summed E-state index contributed by atoms with van der Waals surface area (Å²) in [6, 6.07) is 0. The van der Waals surface area contributed by atoms with Crippen LogP contribution in [0, 0.1) is 12.8 Å². The minimum Gasteiger partial charge on any atom is -0.338 e. The van der Waals surface area contributed by atoms with E-state index in [1.165, 1.54) is 13.8 Å². The summed E-state index contributed by atoms with van der Waals surface area (Å²) in [4.78, 5) is 31.6. The van der Waals surface area contributed by atoms with Gasteiger partial charge in [-0.25, -0.2) is 0 Å². The summed E-state index contributed by atoms with van der Waals surface area (Å²) >= 11 is 0. The molecular formula is C7H9CoO3+. The molecule has 0 saturated heterocycles. The molecule has 0 rings (SSSR count). The summed E-state index contributed by atoms with van der Waals surface area (Å²) in [5.74, 6) is -2.64. The van der Waals surface area contributed by atoms with Crippen LogP contribution in [0.2, 0.25) is 0 Å². The number of carbonyl (C=O) groups excluding carboxylic acids is 3. The van der Waals surface area contributed by atoms with Crippen LogP contribution >= 0.6 is 0 Å². The van der Waals surface area contributed by atoms with Crippen LogP contribution in [-0.2, 0) is 31.2 Å². The van der Waals surface area contributed by atoms with Crippen LogP contribution in [0.3, 0.4) is 0 Å². The molecule has 0 aromatic carbocycles. The molecule has 0 aliphatic carbocycles. The molecule has 0 N–H and O–H groups in total. The Balaban J connectivity index is 0. The van der Waals surface area contributed by atoms with Crippen LogP contribution in [0.5, 0.6) is 0 Å². The van der Waals surface area contributed by atoms with Crippen LogP contribution in [0.4, 0.5) is 0 Å². The second-order valence-electron chi connectivity index (χ2n) is 2.12. The maximum atomic E-state index is 10.5. The summed E-state index contributed by atoms with van der Waals surface area (Å²) in [7, 11) is 0. The summed E-state index contributed by atoms with van der Waals surface area (Å²) in [6.45, 7) is 5.41. The van der Waals surface area contributed by atoms with Gasteiger partial charge in [0.1, 0.15) is 17.5 Å². The predicted octanol–water partition coefficient (Wildman–Crippen LogP) is 0.181. The minimum absolute atomic E-state index is 0. The first-order valence-corrected chi connectivity index (χ1v) is 2.83. The van der Waals surface area contributed by atoms with E-state index in [0.717, 1.165) is 0 Å². The van der Waals surface area contributed by atoms with Gasteiger partial charge in [0.2, 0.25) is 0 Å². The first-order valence-electron chi connectivity index (χ1n) is 2.83. The van der Waals surface area contributed by atoms with Gasteiger partial charge >= 0.3 is 16.8 Å². The van der Waals surface area contributed by atoms with E-state index in [1.54, 1.807) is 0 Å². The number of hydrogen-bond donors (Lipinski definition) is 0. The van der Waals surface area contributed by atoms with Crippen LogP contribution in [-0.4, -0.2) is 17.3 Å². The topological polar surface area (TPSA) is 51.2 Å². The van der Waals surface area contributed by atoms with Crippen molar-refractivity contribution in [3.8, 4) is 0 Å². The van der Waals surface area contributed by atoms with Crippen LogP contribution in [0.1, 0.15) is 13.8 Å². The fourth-order valence-corrected chi connectivity index (χ4v) is 0.740. The van der Waals surface area contributed by atoms with Gasteiger partial charge in [-0.05, 0) is 13.8 Å². The van der Waals surface area contributed by atoms with E-state index >= 15 is 0 Å². The third-order valence-corrected chi connectivity index (χ3v) is 1.14. The molecule has 0 aliphatic rings. The molecule has 0 aromatic heterocycles. The van der Waals surface area contributed by atoms with Crippen LogP contribution in [0.15, 0.2) is 0 Å². The Morgan fingerprint density at radius 3 is 1.36 bits per heavy atom. The van der Waals surface area contributed by atoms with Crippen LogP contribution < -0.4 is 0 Å². The monoisotopic (exact) mass is 200 g/mol. The largest absolute Gasteiger partial charge is 2.00 e. The number of Topliss-reactive ketones (excluding diaryl/α,β-unsaturated/α-hetero) is 3. The normalized spacial score (nSPS) is 8.64. The van der Waals surface area contributed by atoms with Crippen molar-refractivity contribution in [2.75, 3.05) is 0 Å². The van der Waals surface area contributed by atoms with E-state index < -0.39 is 23.3 Å². The minimum atomic E-state index is -1.14. The van der Waals surface area contributed by atoms with Gasteiger partial charge in [-0.15, -0.1) is 0 Å². The van der Waals surface area contributed by atoms with Crippen molar-refractivity contribution in [2.24, 2.45) is 5.92 Å². The Hall–Kier alpha value is -0.614. The molecule has 1 radical (unpaired) electrons. The summed E-state index contributed by atoms with van der Waals surface area (Å²) < 4.78 is 0. The zero-order valence-electron chi connectivity index (χ0n) is 6.34. The maximum absolute atomic E-state index is 10.5. The molecule has 0 bridgehead atoms. The molecule has 0 atom stereocenters. The average molecular weight is 200 g/mol.